The van der Waals surface area contributed by atoms with E-state index in [0.717, 1.165) is 86.5 Å². The van der Waals surface area contributed by atoms with Gasteiger partial charge in [-0.1, -0.05) is 30.3 Å². The second-order valence-corrected chi connectivity index (χ2v) is 12.8. The molecule has 4 saturated heterocycles. The number of nitrogens with zero attached hydrogens (tertiary/aromatic N) is 6. The Morgan fingerprint density at radius 2 is 1.21 bits per heavy atom. The van der Waals surface area contributed by atoms with Gasteiger partial charge in [0.1, 0.15) is 12.1 Å². The summed E-state index contributed by atoms with van der Waals surface area (Å²) in [5.41, 5.74) is 7.83. The van der Waals surface area contributed by atoms with Crippen molar-refractivity contribution in [2.24, 2.45) is 0 Å². The fourth-order valence-electron chi connectivity index (χ4n) is 8.20. The van der Waals surface area contributed by atoms with Crippen LogP contribution in [0.4, 0.5) is 11.4 Å². The third kappa shape index (κ3) is 4.82. The molecular weight excluding hydrogens is 532 g/mol. The Bertz CT molecular complexity index is 1620. The molecule has 3 aromatic rings. The van der Waals surface area contributed by atoms with E-state index in [1.807, 2.05) is 42.5 Å². The van der Waals surface area contributed by atoms with Crippen LogP contribution in [0.1, 0.15) is 63.9 Å². The lowest BCUT2D eigenvalue weighted by Gasteiger charge is -2.43. The van der Waals surface area contributed by atoms with Crippen LogP contribution in [0.3, 0.4) is 0 Å². The van der Waals surface area contributed by atoms with E-state index in [9.17, 15) is 15.3 Å². The van der Waals surface area contributed by atoms with Crippen molar-refractivity contribution in [2.75, 3.05) is 36.0 Å². The zero-order valence-corrected chi connectivity index (χ0v) is 25.0. The molecule has 7 heteroatoms. The summed E-state index contributed by atoms with van der Waals surface area (Å²) in [7, 11) is 0. The Morgan fingerprint density at radius 3 is 1.74 bits per heavy atom. The molecule has 4 bridgehead atoms. The zero-order chi connectivity index (χ0) is 29.7. The smallest absolute Gasteiger partial charge is 0.254 e. The first kappa shape index (κ1) is 27.5. The minimum atomic E-state index is 0.153. The minimum Gasteiger partial charge on any atom is -0.367 e. The van der Waals surface area contributed by atoms with Crippen LogP contribution in [0.25, 0.3) is 0 Å². The summed E-state index contributed by atoms with van der Waals surface area (Å²) in [6, 6.07) is 26.0. The van der Waals surface area contributed by atoms with Crippen LogP contribution < -0.4 is 9.80 Å². The van der Waals surface area contributed by atoms with E-state index in [1.54, 1.807) is 0 Å². The predicted molar refractivity (Wildman–Crippen MR) is 168 cm³/mol. The molecule has 4 atom stereocenters. The summed E-state index contributed by atoms with van der Waals surface area (Å²) in [6.45, 7) is 8.47. The highest BCUT2D eigenvalue weighted by Gasteiger charge is 2.44. The number of anilines is 2. The Hall–Kier alpha value is -4.33. The molecule has 0 aromatic heterocycles. The van der Waals surface area contributed by atoms with E-state index in [4.69, 9.17) is 0 Å². The Morgan fingerprint density at radius 1 is 0.721 bits per heavy atom. The van der Waals surface area contributed by atoms with Gasteiger partial charge in [-0.15, -0.1) is 0 Å². The molecular formula is C36H38N6O. The summed E-state index contributed by atoms with van der Waals surface area (Å²) in [5.74, 6) is 0.153. The van der Waals surface area contributed by atoms with Crippen molar-refractivity contribution < 1.29 is 4.79 Å². The van der Waals surface area contributed by atoms with Gasteiger partial charge in [0.2, 0.25) is 0 Å². The van der Waals surface area contributed by atoms with Gasteiger partial charge in [0.05, 0.1) is 22.5 Å². The number of piperazine rings is 2. The van der Waals surface area contributed by atoms with Gasteiger partial charge in [0, 0.05) is 62.5 Å². The van der Waals surface area contributed by atoms with Crippen LogP contribution in [0, 0.1) is 36.5 Å². The number of nitriles is 2. The SMILES string of the molecule is Cc1cc(C)c(C(=O)N2C3CCC2CN(c2ccccc2C#N)C3)cc1CN1C2CCC1CN(c1ccccc1C#N)C2. The molecule has 0 spiro atoms. The fraction of sp³-hybridized carbons (Fsp3) is 0.417. The second kappa shape index (κ2) is 11.1. The number of para-hydroxylation sites is 2. The van der Waals surface area contributed by atoms with Crippen molar-refractivity contribution in [1.29, 1.82) is 10.5 Å². The highest BCUT2D eigenvalue weighted by Crippen LogP contribution is 2.38. The summed E-state index contributed by atoms with van der Waals surface area (Å²) in [4.78, 5) is 23.7. The van der Waals surface area contributed by atoms with Gasteiger partial charge in [-0.3, -0.25) is 9.69 Å². The number of rotatable bonds is 5. The molecule has 7 nitrogen and oxygen atoms in total. The van der Waals surface area contributed by atoms with Crippen LogP contribution in [0.15, 0.2) is 60.7 Å². The van der Waals surface area contributed by atoms with E-state index in [0.29, 0.717) is 17.6 Å². The van der Waals surface area contributed by atoms with Crippen LogP contribution in [-0.2, 0) is 6.54 Å². The van der Waals surface area contributed by atoms with Gasteiger partial charge in [-0.25, -0.2) is 0 Å². The van der Waals surface area contributed by atoms with Crippen molar-refractivity contribution in [3.63, 3.8) is 0 Å². The summed E-state index contributed by atoms with van der Waals surface area (Å²) in [6.07, 6.45) is 4.33. The number of carbonyl (C=O) groups is 1. The third-order valence-corrected chi connectivity index (χ3v) is 10.3. The van der Waals surface area contributed by atoms with Crippen molar-refractivity contribution in [2.45, 2.75) is 70.2 Å². The molecule has 218 valence electrons. The van der Waals surface area contributed by atoms with Gasteiger partial charge < -0.3 is 14.7 Å². The zero-order valence-electron chi connectivity index (χ0n) is 25.0. The minimum absolute atomic E-state index is 0.153. The van der Waals surface area contributed by atoms with Crippen molar-refractivity contribution in [3.8, 4) is 12.1 Å². The summed E-state index contributed by atoms with van der Waals surface area (Å²) >= 11 is 0. The summed E-state index contributed by atoms with van der Waals surface area (Å²) < 4.78 is 0. The number of amides is 1. The maximum Gasteiger partial charge on any atom is 0.254 e. The van der Waals surface area contributed by atoms with Crippen LogP contribution >= 0.6 is 0 Å². The molecule has 4 fully saturated rings. The standard InChI is InChI=1S/C36H38N6O/c1-24-15-25(2)33(36(43)42-31-13-14-32(42)23-40(22-31)35-10-6-4-8-27(35)18-38)16-28(24)19-41-29-11-12-30(41)21-39(20-29)34-9-5-3-7-26(34)17-37/h3-10,15-16,29-32H,11-14,19-23H2,1-2H3. The first-order valence-electron chi connectivity index (χ1n) is 15.6. The number of carbonyl (C=O) groups excluding carboxylic acids is 1. The maximum atomic E-state index is 14.2. The second-order valence-electron chi connectivity index (χ2n) is 12.8. The maximum absolute atomic E-state index is 14.2. The summed E-state index contributed by atoms with van der Waals surface area (Å²) in [5, 5.41) is 19.3. The molecule has 0 aliphatic carbocycles. The molecule has 0 N–H and O–H groups in total. The Kier molecular flexibility index (Phi) is 7.07. The highest BCUT2D eigenvalue weighted by atomic mass is 16.2. The molecule has 0 radical (unpaired) electrons. The monoisotopic (exact) mass is 570 g/mol. The van der Waals surface area contributed by atoms with Gasteiger partial charge in [-0.2, -0.15) is 10.5 Å². The molecule has 3 aromatic carbocycles. The molecule has 4 aliphatic rings. The van der Waals surface area contributed by atoms with E-state index in [2.05, 4.69) is 63.8 Å². The predicted octanol–water partition coefficient (Wildman–Crippen LogP) is 5.39. The van der Waals surface area contributed by atoms with E-state index in [-0.39, 0.29) is 18.0 Å². The van der Waals surface area contributed by atoms with Gasteiger partial charge >= 0.3 is 0 Å². The lowest BCUT2D eigenvalue weighted by molar-refractivity contribution is 0.0640. The normalized spacial score (nSPS) is 24.6. The molecule has 1 amide bonds. The number of fused-ring (bicyclic) bond motifs is 4. The van der Waals surface area contributed by atoms with Crippen LogP contribution in [0.5, 0.6) is 0 Å². The number of hydrogen-bond acceptors (Lipinski definition) is 6. The third-order valence-electron chi connectivity index (χ3n) is 10.3. The van der Waals surface area contributed by atoms with E-state index >= 15 is 0 Å². The molecule has 4 aliphatic heterocycles. The van der Waals surface area contributed by atoms with Crippen molar-refractivity contribution >= 4 is 17.3 Å². The first-order chi connectivity index (χ1) is 20.9. The van der Waals surface area contributed by atoms with Gasteiger partial charge in [0.15, 0.2) is 0 Å². The quantitative estimate of drug-likeness (QED) is 0.409. The van der Waals surface area contributed by atoms with E-state index in [1.165, 1.54) is 11.1 Å². The van der Waals surface area contributed by atoms with Crippen molar-refractivity contribution in [1.82, 2.24) is 9.80 Å². The first-order valence-corrected chi connectivity index (χ1v) is 15.6. The van der Waals surface area contributed by atoms with Crippen molar-refractivity contribution in [3.05, 3.63) is 94.0 Å². The molecule has 43 heavy (non-hydrogen) atoms. The molecule has 7 rings (SSSR count). The topological polar surface area (TPSA) is 77.6 Å². The highest BCUT2D eigenvalue weighted by molar-refractivity contribution is 5.97. The Balaban J connectivity index is 1.09. The lowest BCUT2D eigenvalue weighted by atomic mass is 9.97. The fourth-order valence-corrected chi connectivity index (χ4v) is 8.20. The number of benzene rings is 3. The van der Waals surface area contributed by atoms with E-state index < -0.39 is 0 Å². The molecule has 4 heterocycles. The largest absolute Gasteiger partial charge is 0.367 e. The van der Waals surface area contributed by atoms with Crippen LogP contribution in [-0.4, -0.2) is 66.1 Å². The average molecular weight is 571 g/mol. The van der Waals surface area contributed by atoms with Gasteiger partial charge in [0.25, 0.3) is 5.91 Å². The molecule has 4 unspecified atom stereocenters. The van der Waals surface area contributed by atoms with Gasteiger partial charge in [-0.05, 0) is 86.6 Å². The Labute approximate surface area is 254 Å². The number of hydrogen-bond donors (Lipinski definition) is 0. The van der Waals surface area contributed by atoms with Crippen LogP contribution in [0.2, 0.25) is 0 Å². The molecule has 0 saturated carbocycles. The number of aryl methyl sites for hydroxylation is 2. The lowest BCUT2D eigenvalue weighted by Crippen LogP contribution is -2.56. The average Bonchev–Trinajstić information content (AvgIpc) is 3.42.